The first-order valence-corrected chi connectivity index (χ1v) is 6.51. The van der Waals surface area contributed by atoms with Crippen molar-refractivity contribution in [1.82, 2.24) is 4.90 Å². The largest absolute Gasteiger partial charge is 0.346 e. The number of halogens is 1. The molecule has 102 valence electrons. The van der Waals surface area contributed by atoms with Crippen LogP contribution in [0, 0.1) is 5.82 Å². The molecule has 0 bridgehead atoms. The summed E-state index contributed by atoms with van der Waals surface area (Å²) in [6.45, 7) is 2.22. The molecular weight excluding hydrogens is 249 g/mol. The van der Waals surface area contributed by atoms with E-state index in [9.17, 15) is 9.18 Å². The molecule has 1 aromatic carbocycles. The van der Waals surface area contributed by atoms with Gasteiger partial charge in [0, 0.05) is 18.5 Å². The van der Waals surface area contributed by atoms with Crippen molar-refractivity contribution < 1.29 is 18.7 Å². The van der Waals surface area contributed by atoms with Crippen LogP contribution in [-0.2, 0) is 9.47 Å². The van der Waals surface area contributed by atoms with Gasteiger partial charge in [0.2, 0.25) is 0 Å². The molecule has 19 heavy (non-hydrogen) atoms. The highest BCUT2D eigenvalue weighted by molar-refractivity contribution is 5.94. The lowest BCUT2D eigenvalue weighted by molar-refractivity contribution is -0.183. The summed E-state index contributed by atoms with van der Waals surface area (Å²) in [5.74, 6) is -1.20. The van der Waals surface area contributed by atoms with Crippen molar-refractivity contribution in [2.24, 2.45) is 0 Å². The summed E-state index contributed by atoms with van der Waals surface area (Å²) in [5, 5.41) is 0. The quantitative estimate of drug-likeness (QED) is 0.777. The normalized spacial score (nSPS) is 21.8. The zero-order valence-electron chi connectivity index (χ0n) is 10.6. The number of benzene rings is 1. The monoisotopic (exact) mass is 265 g/mol. The maximum Gasteiger partial charge on any atom is 0.254 e. The molecular formula is C14H16FNO3. The first-order chi connectivity index (χ1) is 9.19. The molecule has 0 atom stereocenters. The van der Waals surface area contributed by atoms with E-state index in [0.717, 1.165) is 12.8 Å². The van der Waals surface area contributed by atoms with E-state index in [2.05, 4.69) is 0 Å². The van der Waals surface area contributed by atoms with Gasteiger partial charge in [0.15, 0.2) is 5.79 Å². The van der Waals surface area contributed by atoms with Gasteiger partial charge in [-0.25, -0.2) is 4.39 Å². The number of likely N-dealkylation sites (tertiary alicyclic amines) is 1. The number of nitrogens with zero attached hydrogens (tertiary/aromatic N) is 1. The molecule has 0 saturated carbocycles. The lowest BCUT2D eigenvalue weighted by Crippen LogP contribution is -2.51. The highest BCUT2D eigenvalue weighted by Crippen LogP contribution is 2.30. The Morgan fingerprint density at radius 2 is 2.11 bits per heavy atom. The maximum atomic E-state index is 13.2. The molecule has 0 aliphatic carbocycles. The fourth-order valence-electron chi connectivity index (χ4n) is 2.70. The van der Waals surface area contributed by atoms with E-state index in [-0.39, 0.29) is 5.91 Å². The number of amides is 1. The van der Waals surface area contributed by atoms with Crippen LogP contribution >= 0.6 is 0 Å². The second-order valence-electron chi connectivity index (χ2n) is 4.95. The van der Waals surface area contributed by atoms with Crippen molar-refractivity contribution in [1.29, 1.82) is 0 Å². The summed E-state index contributed by atoms with van der Waals surface area (Å²) in [6.07, 6.45) is 1.64. The highest BCUT2D eigenvalue weighted by atomic mass is 19.1. The average Bonchev–Trinajstić information content (AvgIpc) is 2.86. The summed E-state index contributed by atoms with van der Waals surface area (Å²) in [6, 6.07) is 5.77. The van der Waals surface area contributed by atoms with Crippen LogP contribution in [0.25, 0.3) is 0 Å². The van der Waals surface area contributed by atoms with Gasteiger partial charge < -0.3 is 14.4 Å². The van der Waals surface area contributed by atoms with Crippen LogP contribution in [0.2, 0.25) is 0 Å². The zero-order chi connectivity index (χ0) is 13.3. The summed E-state index contributed by atoms with van der Waals surface area (Å²) >= 11 is 0. The number of hydrogen-bond donors (Lipinski definition) is 0. The predicted octanol–water partition coefficient (Wildman–Crippen LogP) is 1.80. The average molecular weight is 265 g/mol. The Hall–Kier alpha value is -1.46. The highest BCUT2D eigenvalue weighted by Gasteiger charge is 2.42. The van der Waals surface area contributed by atoms with Crippen LogP contribution in [0.4, 0.5) is 4.39 Å². The minimum atomic E-state index is -0.638. The topological polar surface area (TPSA) is 38.8 Å². The van der Waals surface area contributed by atoms with Crippen molar-refractivity contribution in [3.8, 4) is 0 Å². The van der Waals surface area contributed by atoms with Crippen LogP contribution in [-0.4, -0.2) is 42.9 Å². The summed E-state index contributed by atoms with van der Waals surface area (Å²) in [4.78, 5) is 14.0. The zero-order valence-corrected chi connectivity index (χ0v) is 10.6. The molecule has 1 spiro atoms. The fourth-order valence-corrected chi connectivity index (χ4v) is 2.70. The minimum Gasteiger partial charge on any atom is -0.346 e. The van der Waals surface area contributed by atoms with E-state index in [4.69, 9.17) is 9.47 Å². The molecule has 3 rings (SSSR count). The van der Waals surface area contributed by atoms with Crippen LogP contribution in [0.1, 0.15) is 23.2 Å². The summed E-state index contributed by atoms with van der Waals surface area (Å²) in [7, 11) is 0. The van der Waals surface area contributed by atoms with Crippen LogP contribution in [0.5, 0.6) is 0 Å². The standard InChI is InChI=1S/C14H16FNO3/c15-12-4-1-3-11(9-12)13(17)16-6-2-5-14(10-16)18-7-8-19-14/h1,3-4,9H,2,5-8,10H2. The van der Waals surface area contributed by atoms with Crippen LogP contribution in [0.3, 0.4) is 0 Å². The Balaban J connectivity index is 1.76. The Morgan fingerprint density at radius 1 is 1.32 bits per heavy atom. The van der Waals surface area contributed by atoms with Gasteiger partial charge in [0.05, 0.1) is 19.8 Å². The molecule has 0 radical (unpaired) electrons. The number of piperidine rings is 1. The third-order valence-corrected chi connectivity index (χ3v) is 3.59. The van der Waals surface area contributed by atoms with Crippen molar-refractivity contribution in [2.75, 3.05) is 26.3 Å². The van der Waals surface area contributed by atoms with Gasteiger partial charge in [0.1, 0.15) is 5.82 Å². The molecule has 2 heterocycles. The predicted molar refractivity (Wildman–Crippen MR) is 66.2 cm³/mol. The molecule has 2 aliphatic heterocycles. The molecule has 1 amide bonds. The van der Waals surface area contributed by atoms with E-state index >= 15 is 0 Å². The maximum absolute atomic E-state index is 13.2. The first-order valence-electron chi connectivity index (χ1n) is 6.51. The molecule has 5 heteroatoms. The van der Waals surface area contributed by atoms with Crippen molar-refractivity contribution >= 4 is 5.91 Å². The van der Waals surface area contributed by atoms with Gasteiger partial charge in [-0.15, -0.1) is 0 Å². The Kier molecular flexibility index (Phi) is 3.24. The van der Waals surface area contributed by atoms with Crippen molar-refractivity contribution in [3.05, 3.63) is 35.6 Å². The Bertz CT molecular complexity index is 485. The fraction of sp³-hybridized carbons (Fsp3) is 0.500. The molecule has 0 N–H and O–H groups in total. The van der Waals surface area contributed by atoms with Crippen molar-refractivity contribution in [3.63, 3.8) is 0 Å². The van der Waals surface area contributed by atoms with E-state index in [1.165, 1.54) is 12.1 Å². The molecule has 0 aromatic heterocycles. The summed E-state index contributed by atoms with van der Waals surface area (Å²) < 4.78 is 24.4. The van der Waals surface area contributed by atoms with Gasteiger partial charge in [0.25, 0.3) is 5.91 Å². The minimum absolute atomic E-state index is 0.169. The lowest BCUT2D eigenvalue weighted by Gasteiger charge is -2.38. The van der Waals surface area contributed by atoms with Gasteiger partial charge in [-0.2, -0.15) is 0 Å². The van der Waals surface area contributed by atoms with Gasteiger partial charge in [-0.3, -0.25) is 4.79 Å². The molecule has 1 aromatic rings. The van der Waals surface area contributed by atoms with Gasteiger partial charge >= 0.3 is 0 Å². The first kappa shape index (κ1) is 12.6. The number of carbonyl (C=O) groups excluding carboxylic acids is 1. The van der Waals surface area contributed by atoms with Gasteiger partial charge in [-0.1, -0.05) is 6.07 Å². The Labute approximate surface area is 111 Å². The molecule has 0 unspecified atom stereocenters. The molecule has 4 nitrogen and oxygen atoms in total. The number of ether oxygens (including phenoxy) is 2. The number of carbonyl (C=O) groups is 1. The van der Waals surface area contributed by atoms with E-state index in [1.54, 1.807) is 17.0 Å². The third-order valence-electron chi connectivity index (χ3n) is 3.59. The number of hydrogen-bond acceptors (Lipinski definition) is 3. The van der Waals surface area contributed by atoms with E-state index < -0.39 is 11.6 Å². The third kappa shape index (κ3) is 2.48. The van der Waals surface area contributed by atoms with E-state index in [1.807, 2.05) is 0 Å². The summed E-state index contributed by atoms with van der Waals surface area (Å²) in [5.41, 5.74) is 0.370. The number of rotatable bonds is 1. The second kappa shape index (κ2) is 4.90. The van der Waals surface area contributed by atoms with Gasteiger partial charge in [-0.05, 0) is 24.6 Å². The molecule has 2 fully saturated rings. The second-order valence-corrected chi connectivity index (χ2v) is 4.95. The SMILES string of the molecule is O=C(c1cccc(F)c1)N1CCCC2(C1)OCCO2. The molecule has 2 aliphatic rings. The van der Waals surface area contributed by atoms with Crippen LogP contribution < -0.4 is 0 Å². The smallest absolute Gasteiger partial charge is 0.254 e. The van der Waals surface area contributed by atoms with Crippen LogP contribution in [0.15, 0.2) is 24.3 Å². The Morgan fingerprint density at radius 3 is 2.84 bits per heavy atom. The molecule has 2 saturated heterocycles. The lowest BCUT2D eigenvalue weighted by atomic mass is 10.0. The van der Waals surface area contributed by atoms with Crippen molar-refractivity contribution in [2.45, 2.75) is 18.6 Å². The van der Waals surface area contributed by atoms with E-state index in [0.29, 0.717) is 31.9 Å².